The molecule has 7 heteroatoms. The Morgan fingerprint density at radius 1 is 1.45 bits per heavy atom. The van der Waals surface area contributed by atoms with Crippen molar-refractivity contribution in [2.75, 3.05) is 6.61 Å². The van der Waals surface area contributed by atoms with E-state index in [0.717, 1.165) is 16.5 Å². The van der Waals surface area contributed by atoms with E-state index < -0.39 is 5.91 Å². The molecule has 2 heterocycles. The molecular weight excluding hydrogens is 284 g/mol. The number of aliphatic hydroxyl groups excluding tert-OH is 1. The van der Waals surface area contributed by atoms with Crippen LogP contribution in [-0.4, -0.2) is 38.8 Å². The van der Waals surface area contributed by atoms with Gasteiger partial charge in [-0.25, -0.2) is 0 Å². The minimum absolute atomic E-state index is 0.115. The van der Waals surface area contributed by atoms with E-state index in [-0.39, 0.29) is 18.5 Å². The first kappa shape index (κ1) is 14.3. The second-order valence-corrected chi connectivity index (χ2v) is 4.96. The van der Waals surface area contributed by atoms with Gasteiger partial charge in [-0.15, -0.1) is 0 Å². The fourth-order valence-corrected chi connectivity index (χ4v) is 2.15. The summed E-state index contributed by atoms with van der Waals surface area (Å²) in [6.45, 7) is 1.74. The number of aliphatic hydroxyl groups is 1. The molecule has 3 aromatic rings. The smallest absolute Gasteiger partial charge is 0.316 e. The molecule has 0 aliphatic rings. The second kappa shape index (κ2) is 5.98. The van der Waals surface area contributed by atoms with Crippen molar-refractivity contribution in [3.05, 3.63) is 36.4 Å². The van der Waals surface area contributed by atoms with Gasteiger partial charge in [0.1, 0.15) is 0 Å². The molecule has 0 saturated carbocycles. The third-order valence-corrected chi connectivity index (χ3v) is 3.48. The average Bonchev–Trinajstić information content (AvgIpc) is 3.20. The minimum Gasteiger partial charge on any atom is -0.394 e. The Bertz CT molecular complexity index is 789. The van der Waals surface area contributed by atoms with Gasteiger partial charge >= 0.3 is 11.8 Å². The summed E-state index contributed by atoms with van der Waals surface area (Å²) in [5, 5.41) is 16.6. The molecule has 3 N–H and O–H groups in total. The lowest BCUT2D eigenvalue weighted by molar-refractivity contribution is 0.0870. The highest BCUT2D eigenvalue weighted by Gasteiger charge is 2.18. The number of benzene rings is 1. The predicted octanol–water partition coefficient (Wildman–Crippen LogP) is 1.72. The number of rotatable bonds is 5. The summed E-state index contributed by atoms with van der Waals surface area (Å²) in [5.74, 6) is -0.247. The van der Waals surface area contributed by atoms with E-state index in [1.54, 1.807) is 0 Å². The summed E-state index contributed by atoms with van der Waals surface area (Å²) in [7, 11) is 0. The van der Waals surface area contributed by atoms with Crippen molar-refractivity contribution in [3.8, 4) is 11.4 Å². The molecule has 1 aromatic carbocycles. The first-order valence-electron chi connectivity index (χ1n) is 7.04. The highest BCUT2D eigenvalue weighted by molar-refractivity contribution is 5.90. The lowest BCUT2D eigenvalue weighted by atomic mass is 10.1. The maximum Gasteiger partial charge on any atom is 0.316 e. The zero-order chi connectivity index (χ0) is 15.5. The Kier molecular flexibility index (Phi) is 3.88. The molecule has 2 aromatic heterocycles. The second-order valence-electron chi connectivity index (χ2n) is 4.96. The Balaban J connectivity index is 1.82. The zero-order valence-electron chi connectivity index (χ0n) is 12.0. The van der Waals surface area contributed by atoms with E-state index in [9.17, 15) is 4.79 Å². The molecule has 0 aliphatic carbocycles. The summed E-state index contributed by atoms with van der Waals surface area (Å²) < 4.78 is 5.00. The number of nitrogens with one attached hydrogen (secondary N) is 2. The molecule has 7 nitrogen and oxygen atoms in total. The molecule has 0 fully saturated rings. The van der Waals surface area contributed by atoms with E-state index in [1.165, 1.54) is 0 Å². The molecule has 114 valence electrons. The van der Waals surface area contributed by atoms with E-state index >= 15 is 0 Å². The zero-order valence-corrected chi connectivity index (χ0v) is 12.0. The molecule has 1 atom stereocenters. The van der Waals surface area contributed by atoms with Gasteiger partial charge in [-0.3, -0.25) is 4.79 Å². The highest BCUT2D eigenvalue weighted by atomic mass is 16.5. The van der Waals surface area contributed by atoms with E-state index in [1.807, 2.05) is 37.4 Å². The molecule has 0 spiro atoms. The van der Waals surface area contributed by atoms with E-state index in [0.29, 0.717) is 12.2 Å². The number of nitrogens with zero attached hydrogens (tertiary/aromatic N) is 2. The summed E-state index contributed by atoms with van der Waals surface area (Å²) in [6, 6.07) is 7.31. The van der Waals surface area contributed by atoms with Crippen LogP contribution in [0.1, 0.15) is 24.0 Å². The van der Waals surface area contributed by atoms with Gasteiger partial charge in [0.25, 0.3) is 0 Å². The van der Waals surface area contributed by atoms with Gasteiger partial charge in [-0.05, 0) is 30.7 Å². The van der Waals surface area contributed by atoms with Crippen LogP contribution in [0.25, 0.3) is 22.3 Å². The van der Waals surface area contributed by atoms with Crippen LogP contribution in [0.5, 0.6) is 0 Å². The van der Waals surface area contributed by atoms with Crippen molar-refractivity contribution < 1.29 is 14.4 Å². The van der Waals surface area contributed by atoms with Gasteiger partial charge in [0.2, 0.25) is 5.82 Å². The number of aromatic amines is 1. The third-order valence-electron chi connectivity index (χ3n) is 3.48. The van der Waals surface area contributed by atoms with Crippen LogP contribution in [0.15, 0.2) is 35.0 Å². The summed E-state index contributed by atoms with van der Waals surface area (Å²) in [5.41, 5.74) is 1.78. The lowest BCUT2D eigenvalue weighted by Crippen LogP contribution is -2.37. The maximum atomic E-state index is 12.0. The Morgan fingerprint density at radius 2 is 2.32 bits per heavy atom. The van der Waals surface area contributed by atoms with Crippen LogP contribution in [-0.2, 0) is 0 Å². The largest absolute Gasteiger partial charge is 0.394 e. The number of hydrogen-bond acceptors (Lipinski definition) is 5. The predicted molar refractivity (Wildman–Crippen MR) is 80.2 cm³/mol. The quantitative estimate of drug-likeness (QED) is 0.665. The summed E-state index contributed by atoms with van der Waals surface area (Å²) in [4.78, 5) is 19.2. The van der Waals surface area contributed by atoms with Crippen molar-refractivity contribution in [1.82, 2.24) is 20.4 Å². The average molecular weight is 300 g/mol. The van der Waals surface area contributed by atoms with E-state index in [4.69, 9.17) is 9.63 Å². The first-order valence-corrected chi connectivity index (χ1v) is 7.04. The molecule has 3 rings (SSSR count). The lowest BCUT2D eigenvalue weighted by Gasteiger charge is -2.11. The van der Waals surface area contributed by atoms with Crippen LogP contribution < -0.4 is 5.32 Å². The van der Waals surface area contributed by atoms with Gasteiger partial charge < -0.3 is 19.9 Å². The van der Waals surface area contributed by atoms with Crippen molar-refractivity contribution in [2.24, 2.45) is 0 Å². The monoisotopic (exact) mass is 300 g/mol. The Morgan fingerprint density at radius 3 is 3.09 bits per heavy atom. The summed E-state index contributed by atoms with van der Waals surface area (Å²) >= 11 is 0. The number of carbonyl (C=O) groups is 1. The van der Waals surface area contributed by atoms with Crippen molar-refractivity contribution >= 4 is 16.8 Å². The van der Waals surface area contributed by atoms with Gasteiger partial charge in [-0.1, -0.05) is 12.1 Å². The van der Waals surface area contributed by atoms with Gasteiger partial charge in [0.15, 0.2) is 0 Å². The fraction of sp³-hybridized carbons (Fsp3) is 0.267. The molecule has 0 unspecified atom stereocenters. The number of hydrogen-bond donors (Lipinski definition) is 3. The Hall–Kier alpha value is -2.67. The van der Waals surface area contributed by atoms with Crippen LogP contribution in [0, 0.1) is 0 Å². The van der Waals surface area contributed by atoms with Crippen molar-refractivity contribution in [1.29, 1.82) is 0 Å². The number of H-pyrrole nitrogens is 1. The highest BCUT2D eigenvalue weighted by Crippen LogP contribution is 2.21. The normalized spacial score (nSPS) is 12.5. The molecule has 0 bridgehead atoms. The fourth-order valence-electron chi connectivity index (χ4n) is 2.15. The minimum atomic E-state index is -0.484. The molecule has 0 radical (unpaired) electrons. The van der Waals surface area contributed by atoms with Crippen LogP contribution in [0.3, 0.4) is 0 Å². The van der Waals surface area contributed by atoms with Crippen LogP contribution in [0.2, 0.25) is 0 Å². The van der Waals surface area contributed by atoms with Crippen molar-refractivity contribution in [2.45, 2.75) is 19.4 Å². The van der Waals surface area contributed by atoms with Gasteiger partial charge in [-0.2, -0.15) is 4.98 Å². The third kappa shape index (κ3) is 2.71. The topological polar surface area (TPSA) is 104 Å². The number of carbonyl (C=O) groups excluding carboxylic acids is 1. The number of fused-ring (bicyclic) bond motifs is 1. The van der Waals surface area contributed by atoms with Crippen molar-refractivity contribution in [3.63, 3.8) is 0 Å². The van der Waals surface area contributed by atoms with Crippen LogP contribution in [0.4, 0.5) is 0 Å². The number of aromatic nitrogens is 3. The van der Waals surface area contributed by atoms with Gasteiger partial charge in [0, 0.05) is 22.7 Å². The Labute approximate surface area is 126 Å². The standard InChI is InChI=1S/C15H16N4O3/c1-2-11(8-20)17-14(21)15-18-13(19-22-15)10-3-4-12-9(7-10)5-6-16-12/h3-7,11,16,20H,2,8H2,1H3,(H,17,21)/t11-/m1/s1. The first-order chi connectivity index (χ1) is 10.7. The molecular formula is C15H16N4O3. The van der Waals surface area contributed by atoms with E-state index in [2.05, 4.69) is 20.4 Å². The molecule has 22 heavy (non-hydrogen) atoms. The SMILES string of the molecule is CC[C@H](CO)NC(=O)c1nc(-c2ccc3[nH]ccc3c2)no1. The van der Waals surface area contributed by atoms with Gasteiger partial charge in [0.05, 0.1) is 12.6 Å². The number of amides is 1. The molecule has 1 amide bonds. The summed E-state index contributed by atoms with van der Waals surface area (Å²) in [6.07, 6.45) is 2.47. The molecule has 0 aliphatic heterocycles. The maximum absolute atomic E-state index is 12.0. The molecule has 0 saturated heterocycles. The van der Waals surface area contributed by atoms with Crippen LogP contribution >= 0.6 is 0 Å².